The van der Waals surface area contributed by atoms with Crippen molar-refractivity contribution in [2.24, 2.45) is 0 Å². The molecule has 3 rings (SSSR count). The molecule has 164 valence electrons. The highest BCUT2D eigenvalue weighted by Gasteiger charge is 2.32. The van der Waals surface area contributed by atoms with Gasteiger partial charge in [-0.15, -0.1) is 13.2 Å². The van der Waals surface area contributed by atoms with Gasteiger partial charge in [0.25, 0.3) is 0 Å². The molecule has 2 aromatic rings. The molecule has 2 aromatic carbocycles. The number of alkyl halides is 3. The van der Waals surface area contributed by atoms with E-state index < -0.39 is 16.4 Å². The lowest BCUT2D eigenvalue weighted by Crippen LogP contribution is -2.50. The number of carbonyl (C=O) groups is 1. The van der Waals surface area contributed by atoms with Crippen LogP contribution >= 0.6 is 0 Å². The van der Waals surface area contributed by atoms with E-state index in [1.165, 1.54) is 33.5 Å². The van der Waals surface area contributed by atoms with E-state index in [0.717, 1.165) is 12.1 Å². The molecule has 1 heterocycles. The van der Waals surface area contributed by atoms with Crippen molar-refractivity contribution in [2.45, 2.75) is 17.7 Å². The number of hydrogen-bond acceptors (Lipinski definition) is 5. The fourth-order valence-corrected chi connectivity index (χ4v) is 4.76. The third-order valence-corrected chi connectivity index (χ3v) is 6.69. The molecule has 0 radical (unpaired) electrons. The second kappa shape index (κ2) is 8.95. The molecular formula is C20H18F3N3O4S. The fraction of sp³-hybridized carbons (Fsp3) is 0.300. The van der Waals surface area contributed by atoms with E-state index in [0.29, 0.717) is 5.56 Å². The van der Waals surface area contributed by atoms with Crippen LogP contribution in [0.5, 0.6) is 5.75 Å². The van der Waals surface area contributed by atoms with Crippen LogP contribution in [0.4, 0.5) is 13.2 Å². The molecule has 1 fully saturated rings. The number of nitrogens with zero attached hydrogens (tertiary/aromatic N) is 3. The van der Waals surface area contributed by atoms with E-state index in [4.69, 9.17) is 5.26 Å². The maximum atomic E-state index is 12.8. The molecule has 0 saturated carbocycles. The van der Waals surface area contributed by atoms with E-state index in [9.17, 15) is 26.4 Å². The fourth-order valence-electron chi connectivity index (χ4n) is 3.20. The van der Waals surface area contributed by atoms with Crippen LogP contribution < -0.4 is 4.74 Å². The minimum Gasteiger partial charge on any atom is -0.406 e. The number of rotatable bonds is 5. The molecule has 0 atom stereocenters. The van der Waals surface area contributed by atoms with E-state index in [1.807, 2.05) is 6.07 Å². The Balaban J connectivity index is 1.59. The topological polar surface area (TPSA) is 90.7 Å². The highest BCUT2D eigenvalue weighted by Crippen LogP contribution is 2.24. The van der Waals surface area contributed by atoms with Gasteiger partial charge in [-0.3, -0.25) is 4.79 Å². The summed E-state index contributed by atoms with van der Waals surface area (Å²) < 4.78 is 67.4. The van der Waals surface area contributed by atoms with Crippen molar-refractivity contribution in [1.82, 2.24) is 9.21 Å². The normalized spacial score (nSPS) is 15.4. The average molecular weight is 453 g/mol. The number of ether oxygens (including phenoxy) is 1. The highest BCUT2D eigenvalue weighted by molar-refractivity contribution is 7.89. The lowest BCUT2D eigenvalue weighted by molar-refractivity contribution is -0.274. The molecule has 0 bridgehead atoms. The van der Waals surface area contributed by atoms with Gasteiger partial charge in [0.2, 0.25) is 15.9 Å². The zero-order valence-electron chi connectivity index (χ0n) is 16.2. The summed E-state index contributed by atoms with van der Waals surface area (Å²) in [7, 11) is -3.87. The van der Waals surface area contributed by atoms with Crippen LogP contribution in [0, 0.1) is 11.3 Å². The van der Waals surface area contributed by atoms with Crippen LogP contribution in [-0.2, 0) is 21.2 Å². The first-order valence-electron chi connectivity index (χ1n) is 9.22. The van der Waals surface area contributed by atoms with Crippen molar-refractivity contribution in [1.29, 1.82) is 5.26 Å². The first-order valence-corrected chi connectivity index (χ1v) is 10.7. The van der Waals surface area contributed by atoms with Gasteiger partial charge in [-0.25, -0.2) is 8.42 Å². The molecule has 0 N–H and O–H groups in total. The Hall–Kier alpha value is -3.10. The number of benzene rings is 2. The Bertz CT molecular complexity index is 1090. The molecule has 11 heteroatoms. The van der Waals surface area contributed by atoms with E-state index in [-0.39, 0.29) is 54.7 Å². The van der Waals surface area contributed by atoms with Gasteiger partial charge >= 0.3 is 6.36 Å². The minimum atomic E-state index is -4.79. The Labute approximate surface area is 177 Å². The van der Waals surface area contributed by atoms with Crippen LogP contribution in [0.3, 0.4) is 0 Å². The van der Waals surface area contributed by atoms with Gasteiger partial charge in [0.15, 0.2) is 0 Å². The van der Waals surface area contributed by atoms with Gasteiger partial charge in [-0.05, 0) is 29.8 Å². The number of amides is 1. The van der Waals surface area contributed by atoms with Crippen molar-refractivity contribution in [2.75, 3.05) is 26.2 Å². The smallest absolute Gasteiger partial charge is 0.406 e. The summed E-state index contributed by atoms with van der Waals surface area (Å²) >= 11 is 0. The number of hydrogen-bond donors (Lipinski definition) is 0. The SMILES string of the molecule is N#Cc1ccccc1S(=O)(=O)N1CCN(C(=O)Cc2ccc(OC(F)(F)F)cc2)CC1. The number of sulfonamides is 1. The Morgan fingerprint density at radius 1 is 1.03 bits per heavy atom. The summed E-state index contributed by atoms with van der Waals surface area (Å²) in [5, 5.41) is 9.16. The van der Waals surface area contributed by atoms with E-state index in [1.54, 1.807) is 12.1 Å². The standard InChI is InChI=1S/C20H18F3N3O4S/c21-20(22,23)30-17-7-5-15(6-8-17)13-19(27)25-9-11-26(12-10-25)31(28,29)18-4-2-1-3-16(18)14-24/h1-8H,9-13H2. The summed E-state index contributed by atoms with van der Waals surface area (Å²) in [6.07, 6.45) is -4.82. The molecule has 1 saturated heterocycles. The van der Waals surface area contributed by atoms with Gasteiger partial charge in [0.05, 0.1) is 16.9 Å². The van der Waals surface area contributed by atoms with Gasteiger partial charge in [-0.1, -0.05) is 24.3 Å². The van der Waals surface area contributed by atoms with Crippen LogP contribution in [0.25, 0.3) is 0 Å². The monoisotopic (exact) mass is 453 g/mol. The molecule has 31 heavy (non-hydrogen) atoms. The van der Waals surface area contributed by atoms with Crippen molar-refractivity contribution in [3.63, 3.8) is 0 Å². The quantitative estimate of drug-likeness (QED) is 0.694. The van der Waals surface area contributed by atoms with Gasteiger partial charge < -0.3 is 9.64 Å². The van der Waals surface area contributed by atoms with Crippen molar-refractivity contribution >= 4 is 15.9 Å². The maximum Gasteiger partial charge on any atom is 0.573 e. The van der Waals surface area contributed by atoms with Gasteiger partial charge in [0, 0.05) is 26.2 Å². The van der Waals surface area contributed by atoms with Gasteiger partial charge in [0.1, 0.15) is 11.8 Å². The largest absolute Gasteiger partial charge is 0.573 e. The third-order valence-electron chi connectivity index (χ3n) is 4.73. The van der Waals surface area contributed by atoms with Crippen LogP contribution in [0.2, 0.25) is 0 Å². The first-order chi connectivity index (χ1) is 14.6. The van der Waals surface area contributed by atoms with E-state index in [2.05, 4.69) is 4.74 Å². The molecule has 0 aliphatic carbocycles. The predicted molar refractivity (Wildman–Crippen MR) is 103 cm³/mol. The summed E-state index contributed by atoms with van der Waals surface area (Å²) in [6.45, 7) is 0.489. The second-order valence-corrected chi connectivity index (χ2v) is 8.67. The number of carbonyl (C=O) groups excluding carboxylic acids is 1. The zero-order chi connectivity index (χ0) is 22.6. The molecule has 7 nitrogen and oxygen atoms in total. The summed E-state index contributed by atoms with van der Waals surface area (Å²) in [5.41, 5.74) is 0.566. The molecule has 1 amide bonds. The Morgan fingerprint density at radius 2 is 1.65 bits per heavy atom. The predicted octanol–water partition coefficient (Wildman–Crippen LogP) is 2.53. The zero-order valence-corrected chi connectivity index (χ0v) is 17.0. The minimum absolute atomic E-state index is 0.0314. The van der Waals surface area contributed by atoms with Gasteiger partial charge in [-0.2, -0.15) is 9.57 Å². The van der Waals surface area contributed by atoms with Crippen LogP contribution in [0.15, 0.2) is 53.4 Å². The lowest BCUT2D eigenvalue weighted by Gasteiger charge is -2.34. The number of nitriles is 1. The Morgan fingerprint density at radius 3 is 2.23 bits per heavy atom. The van der Waals surface area contributed by atoms with Crippen LogP contribution in [0.1, 0.15) is 11.1 Å². The molecular weight excluding hydrogens is 435 g/mol. The highest BCUT2D eigenvalue weighted by atomic mass is 32.2. The molecule has 0 aromatic heterocycles. The van der Waals surface area contributed by atoms with Crippen molar-refractivity contribution in [3.05, 3.63) is 59.7 Å². The maximum absolute atomic E-state index is 12.8. The molecule has 0 spiro atoms. The molecule has 1 aliphatic heterocycles. The number of halogens is 3. The molecule has 1 aliphatic rings. The van der Waals surface area contributed by atoms with Crippen LogP contribution in [-0.4, -0.2) is 56.1 Å². The van der Waals surface area contributed by atoms with E-state index >= 15 is 0 Å². The number of piperazine rings is 1. The molecule has 0 unspecified atom stereocenters. The second-order valence-electron chi connectivity index (χ2n) is 6.76. The van der Waals surface area contributed by atoms with Crippen molar-refractivity contribution in [3.8, 4) is 11.8 Å². The Kier molecular flexibility index (Phi) is 6.52. The summed E-state index contributed by atoms with van der Waals surface area (Å²) in [6, 6.07) is 12.8. The lowest BCUT2D eigenvalue weighted by atomic mass is 10.1. The summed E-state index contributed by atoms with van der Waals surface area (Å²) in [4.78, 5) is 13.9. The summed E-state index contributed by atoms with van der Waals surface area (Å²) in [5.74, 6) is -0.640. The first kappa shape index (κ1) is 22.6. The third kappa shape index (κ3) is 5.53. The van der Waals surface area contributed by atoms with Crippen molar-refractivity contribution < 1.29 is 31.1 Å². The average Bonchev–Trinajstić information content (AvgIpc) is 2.74.